The smallest absolute Gasteiger partial charge is 0.0626 e. The van der Waals surface area contributed by atoms with E-state index in [4.69, 9.17) is 0 Å². The molecule has 0 saturated carbocycles. The van der Waals surface area contributed by atoms with Crippen LogP contribution in [0.3, 0.4) is 0 Å². The van der Waals surface area contributed by atoms with Gasteiger partial charge in [-0.25, -0.2) is 0 Å². The van der Waals surface area contributed by atoms with E-state index in [-0.39, 0.29) is 12.6 Å². The molecule has 2 atom stereocenters. The standard InChI is InChI=1S/C16H27NO/c1-3-4-5-7-10-14(2)17-16(13-18)15-11-8-6-9-12-15/h6,8-9,11-12,14,16-18H,3-5,7,10,13H2,1-2H3/t14?,16-/m0/s1. The van der Waals surface area contributed by atoms with Gasteiger partial charge in [0.1, 0.15) is 0 Å². The molecule has 0 bridgehead atoms. The average molecular weight is 249 g/mol. The fourth-order valence-corrected chi connectivity index (χ4v) is 2.24. The zero-order chi connectivity index (χ0) is 13.2. The maximum Gasteiger partial charge on any atom is 0.0626 e. The molecule has 0 aromatic heterocycles. The molecule has 102 valence electrons. The maximum atomic E-state index is 9.48. The van der Waals surface area contributed by atoms with Crippen LogP contribution in [0.2, 0.25) is 0 Å². The first-order chi connectivity index (χ1) is 8.77. The molecule has 1 aromatic rings. The van der Waals surface area contributed by atoms with Crippen LogP contribution in [-0.2, 0) is 0 Å². The number of rotatable bonds is 9. The zero-order valence-corrected chi connectivity index (χ0v) is 11.7. The van der Waals surface area contributed by atoms with Crippen LogP contribution in [-0.4, -0.2) is 17.8 Å². The van der Waals surface area contributed by atoms with Crippen LogP contribution in [0.1, 0.15) is 57.6 Å². The third-order valence-corrected chi connectivity index (χ3v) is 3.36. The summed E-state index contributed by atoms with van der Waals surface area (Å²) < 4.78 is 0. The lowest BCUT2D eigenvalue weighted by molar-refractivity contribution is 0.232. The molecule has 0 spiro atoms. The van der Waals surface area contributed by atoms with Crippen molar-refractivity contribution in [3.63, 3.8) is 0 Å². The van der Waals surface area contributed by atoms with Crippen LogP contribution < -0.4 is 5.32 Å². The van der Waals surface area contributed by atoms with Gasteiger partial charge in [-0.3, -0.25) is 0 Å². The van der Waals surface area contributed by atoms with Gasteiger partial charge in [0.25, 0.3) is 0 Å². The van der Waals surface area contributed by atoms with Crippen LogP contribution >= 0.6 is 0 Å². The fourth-order valence-electron chi connectivity index (χ4n) is 2.24. The number of unbranched alkanes of at least 4 members (excludes halogenated alkanes) is 3. The summed E-state index contributed by atoms with van der Waals surface area (Å²) in [6, 6.07) is 10.7. The van der Waals surface area contributed by atoms with E-state index in [1.807, 2.05) is 18.2 Å². The van der Waals surface area contributed by atoms with Crippen molar-refractivity contribution in [3.8, 4) is 0 Å². The van der Waals surface area contributed by atoms with Gasteiger partial charge in [-0.1, -0.05) is 62.9 Å². The van der Waals surface area contributed by atoms with Crippen LogP contribution in [0.25, 0.3) is 0 Å². The molecular formula is C16H27NO. The van der Waals surface area contributed by atoms with Crippen molar-refractivity contribution in [2.45, 2.75) is 58.0 Å². The lowest BCUT2D eigenvalue weighted by Crippen LogP contribution is -2.32. The van der Waals surface area contributed by atoms with E-state index in [1.54, 1.807) is 0 Å². The molecule has 0 radical (unpaired) electrons. The Balaban J connectivity index is 2.34. The summed E-state index contributed by atoms with van der Waals surface area (Å²) in [6.45, 7) is 4.60. The minimum absolute atomic E-state index is 0.0624. The molecular weight excluding hydrogens is 222 g/mol. The molecule has 0 fully saturated rings. The first-order valence-corrected chi connectivity index (χ1v) is 7.19. The van der Waals surface area contributed by atoms with Gasteiger partial charge in [0.05, 0.1) is 12.6 Å². The molecule has 0 heterocycles. The van der Waals surface area contributed by atoms with E-state index in [1.165, 1.54) is 37.7 Å². The lowest BCUT2D eigenvalue weighted by Gasteiger charge is -2.22. The first kappa shape index (κ1) is 15.2. The van der Waals surface area contributed by atoms with Gasteiger partial charge in [-0.05, 0) is 18.9 Å². The van der Waals surface area contributed by atoms with Gasteiger partial charge in [-0.2, -0.15) is 0 Å². The molecule has 2 N–H and O–H groups in total. The summed E-state index contributed by atoms with van der Waals surface area (Å²) in [4.78, 5) is 0. The second-order valence-electron chi connectivity index (χ2n) is 5.06. The number of aliphatic hydroxyl groups is 1. The van der Waals surface area contributed by atoms with E-state index >= 15 is 0 Å². The fraction of sp³-hybridized carbons (Fsp3) is 0.625. The van der Waals surface area contributed by atoms with Crippen molar-refractivity contribution in [2.75, 3.05) is 6.61 Å². The molecule has 0 saturated heterocycles. The van der Waals surface area contributed by atoms with Gasteiger partial charge in [0.2, 0.25) is 0 Å². The molecule has 1 aromatic carbocycles. The third-order valence-electron chi connectivity index (χ3n) is 3.36. The van der Waals surface area contributed by atoms with Crippen molar-refractivity contribution >= 4 is 0 Å². The Hall–Kier alpha value is -0.860. The number of hydrogen-bond acceptors (Lipinski definition) is 2. The largest absolute Gasteiger partial charge is 0.394 e. The van der Waals surface area contributed by atoms with Gasteiger partial charge in [-0.15, -0.1) is 0 Å². The monoisotopic (exact) mass is 249 g/mol. The first-order valence-electron chi connectivity index (χ1n) is 7.19. The highest BCUT2D eigenvalue weighted by Gasteiger charge is 2.12. The SMILES string of the molecule is CCCCCCC(C)N[C@@H](CO)c1ccccc1. The van der Waals surface area contributed by atoms with E-state index in [9.17, 15) is 5.11 Å². The molecule has 0 aliphatic heterocycles. The summed E-state index contributed by atoms with van der Waals surface area (Å²) in [5.74, 6) is 0. The molecule has 1 unspecified atom stereocenters. The summed E-state index contributed by atoms with van der Waals surface area (Å²) in [5, 5.41) is 13.0. The van der Waals surface area contributed by atoms with Crippen molar-refractivity contribution < 1.29 is 5.11 Å². The van der Waals surface area contributed by atoms with Gasteiger partial charge < -0.3 is 10.4 Å². The van der Waals surface area contributed by atoms with E-state index in [0.29, 0.717) is 6.04 Å². The molecule has 0 aliphatic rings. The molecule has 18 heavy (non-hydrogen) atoms. The molecule has 0 aliphatic carbocycles. The van der Waals surface area contributed by atoms with Gasteiger partial charge in [0.15, 0.2) is 0 Å². The highest BCUT2D eigenvalue weighted by atomic mass is 16.3. The molecule has 0 amide bonds. The Morgan fingerprint density at radius 3 is 2.44 bits per heavy atom. The topological polar surface area (TPSA) is 32.3 Å². The quantitative estimate of drug-likeness (QED) is 0.654. The Bertz CT molecular complexity index is 299. The Morgan fingerprint density at radius 2 is 1.83 bits per heavy atom. The average Bonchev–Trinajstić information content (AvgIpc) is 2.42. The second kappa shape index (κ2) is 9.12. The summed E-state index contributed by atoms with van der Waals surface area (Å²) in [7, 11) is 0. The summed E-state index contributed by atoms with van der Waals surface area (Å²) in [6.07, 6.45) is 6.38. The number of hydrogen-bond donors (Lipinski definition) is 2. The van der Waals surface area contributed by atoms with Crippen LogP contribution in [0.15, 0.2) is 30.3 Å². The Kier molecular flexibility index (Phi) is 7.70. The summed E-state index contributed by atoms with van der Waals surface area (Å²) in [5.41, 5.74) is 1.17. The van der Waals surface area contributed by atoms with Crippen molar-refractivity contribution in [3.05, 3.63) is 35.9 Å². The van der Waals surface area contributed by atoms with E-state index < -0.39 is 0 Å². The predicted molar refractivity (Wildman–Crippen MR) is 77.6 cm³/mol. The minimum atomic E-state index is 0.0624. The van der Waals surface area contributed by atoms with Crippen LogP contribution in [0, 0.1) is 0 Å². The van der Waals surface area contributed by atoms with Gasteiger partial charge in [0, 0.05) is 6.04 Å². The van der Waals surface area contributed by atoms with Crippen LogP contribution in [0.4, 0.5) is 0 Å². The van der Waals surface area contributed by atoms with Crippen molar-refractivity contribution in [1.82, 2.24) is 5.32 Å². The number of benzene rings is 1. The Morgan fingerprint density at radius 1 is 1.11 bits per heavy atom. The summed E-state index contributed by atoms with van der Waals surface area (Å²) >= 11 is 0. The number of aliphatic hydroxyl groups excluding tert-OH is 1. The molecule has 2 heteroatoms. The third kappa shape index (κ3) is 5.65. The number of nitrogens with one attached hydrogen (secondary N) is 1. The highest BCUT2D eigenvalue weighted by Crippen LogP contribution is 2.14. The van der Waals surface area contributed by atoms with Crippen molar-refractivity contribution in [1.29, 1.82) is 0 Å². The minimum Gasteiger partial charge on any atom is -0.394 e. The van der Waals surface area contributed by atoms with Gasteiger partial charge >= 0.3 is 0 Å². The highest BCUT2D eigenvalue weighted by molar-refractivity contribution is 5.18. The Labute approximate surface area is 111 Å². The van der Waals surface area contributed by atoms with Crippen LogP contribution in [0.5, 0.6) is 0 Å². The lowest BCUT2D eigenvalue weighted by atomic mass is 10.0. The van der Waals surface area contributed by atoms with Crippen molar-refractivity contribution in [2.24, 2.45) is 0 Å². The molecule has 2 nitrogen and oxygen atoms in total. The zero-order valence-electron chi connectivity index (χ0n) is 11.7. The van der Waals surface area contributed by atoms with E-state index in [0.717, 1.165) is 0 Å². The maximum absolute atomic E-state index is 9.48. The predicted octanol–water partition coefficient (Wildman–Crippen LogP) is 3.67. The van der Waals surface area contributed by atoms with E-state index in [2.05, 4.69) is 31.3 Å². The second-order valence-corrected chi connectivity index (χ2v) is 5.06. The molecule has 1 rings (SSSR count). The normalized spacial score (nSPS) is 14.4.